The monoisotopic (exact) mass is 379 g/mol. The number of hydrogen-bond donors (Lipinski definition) is 0. The molecule has 0 fully saturated rings. The largest absolute Gasteiger partial charge is 0.493 e. The van der Waals surface area contributed by atoms with Crippen LogP contribution in [-0.4, -0.2) is 39.2 Å². The number of nitrogens with zero attached hydrogens (tertiary/aromatic N) is 1. The van der Waals surface area contributed by atoms with E-state index < -0.39 is 17.7 Å². The van der Waals surface area contributed by atoms with Crippen LogP contribution in [-0.2, 0) is 11.2 Å². The van der Waals surface area contributed by atoms with E-state index in [9.17, 15) is 13.6 Å². The number of halogens is 2. The smallest absolute Gasteiger partial charge is 0.227 e. The van der Waals surface area contributed by atoms with Gasteiger partial charge in [-0.3, -0.25) is 4.79 Å². The van der Waals surface area contributed by atoms with Crippen LogP contribution >= 0.6 is 0 Å². The van der Waals surface area contributed by atoms with Crippen LogP contribution in [0.25, 0.3) is 0 Å². The highest BCUT2D eigenvalue weighted by molar-refractivity contribution is 5.79. The summed E-state index contributed by atoms with van der Waals surface area (Å²) in [4.78, 5) is 14.2. The van der Waals surface area contributed by atoms with Crippen LogP contribution in [0, 0.1) is 11.6 Å². The van der Waals surface area contributed by atoms with Gasteiger partial charge in [-0.25, -0.2) is 8.78 Å². The van der Waals surface area contributed by atoms with Gasteiger partial charge in [0.05, 0.1) is 33.8 Å². The topological polar surface area (TPSA) is 48.0 Å². The van der Waals surface area contributed by atoms with E-state index >= 15 is 0 Å². The number of methoxy groups -OCH3 is 3. The summed E-state index contributed by atoms with van der Waals surface area (Å²) in [6.45, 7) is 1.75. The molecular weight excluding hydrogens is 356 g/mol. The van der Waals surface area contributed by atoms with Crippen LogP contribution in [0.3, 0.4) is 0 Å². The SMILES string of the molecule is COc1cc(CC(=O)N(C)C(C)c2ccc(F)c(F)c2)cc(OC)c1OC. The predicted molar refractivity (Wildman–Crippen MR) is 97.3 cm³/mol. The maximum Gasteiger partial charge on any atom is 0.227 e. The van der Waals surface area contributed by atoms with Crippen molar-refractivity contribution in [3.8, 4) is 17.2 Å². The van der Waals surface area contributed by atoms with E-state index in [1.54, 1.807) is 26.1 Å². The van der Waals surface area contributed by atoms with Gasteiger partial charge in [-0.1, -0.05) is 6.07 Å². The lowest BCUT2D eigenvalue weighted by Gasteiger charge is -2.26. The van der Waals surface area contributed by atoms with Crippen LogP contribution in [0.4, 0.5) is 8.78 Å². The summed E-state index contributed by atoms with van der Waals surface area (Å²) in [6, 6.07) is 6.60. The molecule has 0 aromatic heterocycles. The highest BCUT2D eigenvalue weighted by Gasteiger charge is 2.21. The lowest BCUT2D eigenvalue weighted by Crippen LogP contribution is -2.31. The zero-order chi connectivity index (χ0) is 20.1. The van der Waals surface area contributed by atoms with Gasteiger partial charge in [0.15, 0.2) is 23.1 Å². The Morgan fingerprint density at radius 1 is 1.00 bits per heavy atom. The van der Waals surface area contributed by atoms with Crippen LogP contribution in [0.2, 0.25) is 0 Å². The fraction of sp³-hybridized carbons (Fsp3) is 0.350. The van der Waals surface area contributed by atoms with E-state index in [-0.39, 0.29) is 12.3 Å². The fourth-order valence-corrected chi connectivity index (χ4v) is 2.75. The van der Waals surface area contributed by atoms with Crippen LogP contribution in [0.5, 0.6) is 17.2 Å². The van der Waals surface area contributed by atoms with Crippen LogP contribution in [0.15, 0.2) is 30.3 Å². The van der Waals surface area contributed by atoms with Crippen LogP contribution in [0.1, 0.15) is 24.1 Å². The number of hydrogen-bond acceptors (Lipinski definition) is 4. The predicted octanol–water partition coefficient (Wildman–Crippen LogP) is 3.75. The minimum absolute atomic E-state index is 0.0846. The van der Waals surface area contributed by atoms with Crippen molar-refractivity contribution >= 4 is 5.91 Å². The number of benzene rings is 2. The first kappa shape index (κ1) is 20.5. The minimum atomic E-state index is -0.940. The molecule has 0 aliphatic heterocycles. The standard InChI is InChI=1S/C20H23F2NO4/c1-12(14-6-7-15(21)16(22)11-14)23(2)19(24)10-13-8-17(25-3)20(27-5)18(9-13)26-4/h6-9,11-12H,10H2,1-5H3. The van der Waals surface area contributed by atoms with Crippen molar-refractivity contribution in [1.82, 2.24) is 4.90 Å². The summed E-state index contributed by atoms with van der Waals surface area (Å²) in [5, 5.41) is 0. The van der Waals surface area contributed by atoms with Crippen LogP contribution < -0.4 is 14.2 Å². The normalized spacial score (nSPS) is 11.7. The molecule has 0 saturated carbocycles. The van der Waals surface area contributed by atoms with Crippen molar-refractivity contribution in [3.05, 3.63) is 53.1 Å². The van der Waals surface area contributed by atoms with Gasteiger partial charge in [0, 0.05) is 7.05 Å². The van der Waals surface area contributed by atoms with Gasteiger partial charge in [0.25, 0.3) is 0 Å². The van der Waals surface area contributed by atoms with Crippen molar-refractivity contribution in [1.29, 1.82) is 0 Å². The summed E-state index contributed by atoms with van der Waals surface area (Å²) in [5.74, 6) is -0.699. The first-order chi connectivity index (χ1) is 12.8. The molecule has 1 amide bonds. The Morgan fingerprint density at radius 2 is 1.59 bits per heavy atom. The number of carbonyl (C=O) groups is 1. The molecular formula is C20H23F2NO4. The highest BCUT2D eigenvalue weighted by Crippen LogP contribution is 2.38. The molecule has 0 N–H and O–H groups in total. The first-order valence-electron chi connectivity index (χ1n) is 8.31. The molecule has 0 heterocycles. The van der Waals surface area contributed by atoms with Gasteiger partial charge >= 0.3 is 0 Å². The highest BCUT2D eigenvalue weighted by atomic mass is 19.2. The van der Waals surface area contributed by atoms with E-state index in [0.29, 0.717) is 28.4 Å². The summed E-state index contributed by atoms with van der Waals surface area (Å²) in [6.07, 6.45) is 0.0846. The number of carbonyl (C=O) groups excluding carboxylic acids is 1. The Labute approximate surface area is 157 Å². The van der Waals surface area contributed by atoms with E-state index in [1.807, 2.05) is 0 Å². The van der Waals surface area contributed by atoms with Crippen molar-refractivity contribution in [3.63, 3.8) is 0 Å². The molecule has 2 rings (SSSR count). The van der Waals surface area contributed by atoms with E-state index in [4.69, 9.17) is 14.2 Å². The number of ether oxygens (including phenoxy) is 3. The van der Waals surface area contributed by atoms with E-state index in [1.165, 1.54) is 32.3 Å². The average Bonchev–Trinajstić information content (AvgIpc) is 2.67. The fourth-order valence-electron chi connectivity index (χ4n) is 2.75. The lowest BCUT2D eigenvalue weighted by molar-refractivity contribution is -0.131. The van der Waals surface area contributed by atoms with Crippen molar-refractivity contribution in [2.75, 3.05) is 28.4 Å². The Hall–Kier alpha value is -2.83. The zero-order valence-corrected chi connectivity index (χ0v) is 16.0. The van der Waals surface area contributed by atoms with Gasteiger partial charge in [-0.05, 0) is 42.3 Å². The minimum Gasteiger partial charge on any atom is -0.493 e. The molecule has 7 heteroatoms. The second-order valence-electron chi connectivity index (χ2n) is 6.06. The van der Waals surface area contributed by atoms with Gasteiger partial charge in [-0.2, -0.15) is 0 Å². The summed E-state index contributed by atoms with van der Waals surface area (Å²) in [7, 11) is 6.12. The molecule has 0 spiro atoms. The summed E-state index contributed by atoms with van der Waals surface area (Å²) >= 11 is 0. The molecule has 0 aliphatic carbocycles. The second-order valence-corrected chi connectivity index (χ2v) is 6.06. The third kappa shape index (κ3) is 4.48. The Morgan fingerprint density at radius 3 is 2.07 bits per heavy atom. The molecule has 1 atom stereocenters. The third-order valence-electron chi connectivity index (χ3n) is 4.48. The molecule has 146 valence electrons. The number of likely N-dealkylation sites (N-methyl/N-ethyl adjacent to an activating group) is 1. The Bertz CT molecular complexity index is 801. The van der Waals surface area contributed by atoms with Crippen molar-refractivity contribution in [2.45, 2.75) is 19.4 Å². The molecule has 0 radical (unpaired) electrons. The van der Waals surface area contributed by atoms with E-state index in [2.05, 4.69) is 0 Å². The van der Waals surface area contributed by atoms with Gasteiger partial charge in [0.2, 0.25) is 11.7 Å². The van der Waals surface area contributed by atoms with E-state index in [0.717, 1.165) is 12.1 Å². The third-order valence-corrected chi connectivity index (χ3v) is 4.48. The quantitative estimate of drug-likeness (QED) is 0.735. The number of amides is 1. The molecule has 0 saturated heterocycles. The molecule has 0 bridgehead atoms. The number of rotatable bonds is 7. The Kier molecular flexibility index (Phi) is 6.60. The second kappa shape index (κ2) is 8.70. The molecule has 5 nitrogen and oxygen atoms in total. The van der Waals surface area contributed by atoms with Crippen molar-refractivity contribution in [2.24, 2.45) is 0 Å². The molecule has 2 aromatic carbocycles. The molecule has 2 aromatic rings. The molecule has 0 aliphatic rings. The van der Waals surface area contributed by atoms with Crippen molar-refractivity contribution < 1.29 is 27.8 Å². The lowest BCUT2D eigenvalue weighted by atomic mass is 10.0. The zero-order valence-electron chi connectivity index (χ0n) is 16.0. The molecule has 27 heavy (non-hydrogen) atoms. The van der Waals surface area contributed by atoms with Gasteiger partial charge in [-0.15, -0.1) is 0 Å². The maximum atomic E-state index is 13.5. The summed E-state index contributed by atoms with van der Waals surface area (Å²) in [5.41, 5.74) is 1.19. The van der Waals surface area contributed by atoms with Gasteiger partial charge < -0.3 is 19.1 Å². The summed E-state index contributed by atoms with van der Waals surface area (Å²) < 4.78 is 42.5. The van der Waals surface area contributed by atoms with Gasteiger partial charge in [0.1, 0.15) is 0 Å². The molecule has 1 unspecified atom stereocenters. The average molecular weight is 379 g/mol. The Balaban J connectivity index is 2.21. The first-order valence-corrected chi connectivity index (χ1v) is 8.31. The maximum absolute atomic E-state index is 13.5.